The van der Waals surface area contributed by atoms with E-state index in [-0.39, 0.29) is 37.6 Å². The van der Waals surface area contributed by atoms with Gasteiger partial charge in [-0.05, 0) is 26.2 Å². The molecule has 2 atom stereocenters. The number of carbonyl (C=O) groups excluding carboxylic acids is 2. The fourth-order valence-electron chi connectivity index (χ4n) is 2.96. The molecular weight excluding hydrogens is 313 g/mol. The SMILES string of the molecule is C[C@H]1CN(C(=O)N[C@@H]2CCCCNC2=O)CCN1CC(F)(F)F. The maximum atomic E-state index is 12.5. The maximum Gasteiger partial charge on any atom is 0.401 e. The second kappa shape index (κ2) is 7.37. The average Bonchev–Trinajstić information content (AvgIpc) is 2.65. The van der Waals surface area contributed by atoms with Gasteiger partial charge in [0.2, 0.25) is 5.91 Å². The van der Waals surface area contributed by atoms with E-state index in [2.05, 4.69) is 10.6 Å². The number of nitrogens with one attached hydrogen (secondary N) is 2. The lowest BCUT2D eigenvalue weighted by Crippen LogP contribution is -2.59. The Bertz CT molecular complexity index is 444. The van der Waals surface area contributed by atoms with Crippen LogP contribution in [0.25, 0.3) is 0 Å². The van der Waals surface area contributed by atoms with Crippen molar-refractivity contribution >= 4 is 11.9 Å². The fourth-order valence-corrected chi connectivity index (χ4v) is 2.96. The monoisotopic (exact) mass is 336 g/mol. The Labute approximate surface area is 133 Å². The molecule has 2 aliphatic heterocycles. The Balaban J connectivity index is 1.85. The minimum atomic E-state index is -4.24. The lowest BCUT2D eigenvalue weighted by molar-refractivity contribution is -0.153. The van der Waals surface area contributed by atoms with Crippen molar-refractivity contribution in [1.29, 1.82) is 0 Å². The van der Waals surface area contributed by atoms with Crippen LogP contribution in [0.2, 0.25) is 0 Å². The molecule has 0 spiro atoms. The molecular formula is C14H23F3N4O2. The molecule has 0 saturated carbocycles. The van der Waals surface area contributed by atoms with E-state index in [1.807, 2.05) is 0 Å². The first-order valence-corrected chi connectivity index (χ1v) is 7.90. The van der Waals surface area contributed by atoms with Crippen LogP contribution >= 0.6 is 0 Å². The van der Waals surface area contributed by atoms with E-state index >= 15 is 0 Å². The molecule has 6 nitrogen and oxygen atoms in total. The minimum Gasteiger partial charge on any atom is -0.354 e. The highest BCUT2D eigenvalue weighted by molar-refractivity contribution is 5.87. The summed E-state index contributed by atoms with van der Waals surface area (Å²) in [5.41, 5.74) is 0. The van der Waals surface area contributed by atoms with Crippen molar-refractivity contribution in [3.63, 3.8) is 0 Å². The molecule has 2 N–H and O–H groups in total. The third-order valence-corrected chi connectivity index (χ3v) is 4.27. The molecule has 132 valence electrons. The summed E-state index contributed by atoms with van der Waals surface area (Å²) in [6.45, 7) is 1.93. The van der Waals surface area contributed by atoms with Crippen molar-refractivity contribution in [2.24, 2.45) is 0 Å². The quantitative estimate of drug-likeness (QED) is 0.789. The van der Waals surface area contributed by atoms with Crippen LogP contribution in [0, 0.1) is 0 Å². The molecule has 2 aliphatic rings. The summed E-state index contributed by atoms with van der Waals surface area (Å²) in [6, 6.07) is -1.32. The van der Waals surface area contributed by atoms with Gasteiger partial charge in [-0.2, -0.15) is 13.2 Å². The summed E-state index contributed by atoms with van der Waals surface area (Å²) in [7, 11) is 0. The van der Waals surface area contributed by atoms with Gasteiger partial charge < -0.3 is 15.5 Å². The van der Waals surface area contributed by atoms with E-state index in [1.165, 1.54) is 9.80 Å². The molecule has 9 heteroatoms. The van der Waals surface area contributed by atoms with Crippen molar-refractivity contribution < 1.29 is 22.8 Å². The van der Waals surface area contributed by atoms with Gasteiger partial charge in [0.15, 0.2) is 0 Å². The van der Waals surface area contributed by atoms with Gasteiger partial charge in [0, 0.05) is 32.2 Å². The molecule has 0 unspecified atom stereocenters. The van der Waals surface area contributed by atoms with E-state index in [1.54, 1.807) is 6.92 Å². The number of hydrogen-bond donors (Lipinski definition) is 2. The number of rotatable bonds is 2. The molecule has 0 radical (unpaired) electrons. The van der Waals surface area contributed by atoms with Gasteiger partial charge >= 0.3 is 12.2 Å². The Morgan fingerprint density at radius 2 is 2.09 bits per heavy atom. The van der Waals surface area contributed by atoms with Crippen molar-refractivity contribution in [2.45, 2.75) is 44.4 Å². The summed E-state index contributed by atoms with van der Waals surface area (Å²) >= 11 is 0. The van der Waals surface area contributed by atoms with Crippen molar-refractivity contribution in [3.05, 3.63) is 0 Å². The highest BCUT2D eigenvalue weighted by atomic mass is 19.4. The number of carbonyl (C=O) groups is 2. The number of amides is 3. The summed E-state index contributed by atoms with van der Waals surface area (Å²) in [4.78, 5) is 26.9. The standard InChI is InChI=1S/C14H23F3N4O2/c1-10-8-20(6-7-21(10)9-14(15,16)17)13(23)19-11-4-2-3-5-18-12(11)22/h10-11H,2-9H2,1H3,(H,18,22)(H,19,23)/t10-,11+/m0/s1. The van der Waals surface area contributed by atoms with Gasteiger partial charge in [-0.1, -0.05) is 0 Å². The molecule has 2 fully saturated rings. The van der Waals surface area contributed by atoms with Crippen molar-refractivity contribution in [3.8, 4) is 0 Å². The van der Waals surface area contributed by atoms with E-state index in [0.717, 1.165) is 12.8 Å². The van der Waals surface area contributed by atoms with Gasteiger partial charge in [-0.15, -0.1) is 0 Å². The summed E-state index contributed by atoms with van der Waals surface area (Å²) in [5, 5.41) is 5.44. The first-order valence-electron chi connectivity index (χ1n) is 7.90. The highest BCUT2D eigenvalue weighted by Crippen LogP contribution is 2.20. The Morgan fingerprint density at radius 1 is 1.35 bits per heavy atom. The van der Waals surface area contributed by atoms with Crippen LogP contribution in [0.4, 0.5) is 18.0 Å². The predicted molar refractivity (Wildman–Crippen MR) is 77.8 cm³/mol. The third kappa shape index (κ3) is 5.26. The van der Waals surface area contributed by atoms with Gasteiger partial charge in [-0.25, -0.2) is 4.79 Å². The van der Waals surface area contributed by atoms with E-state index < -0.39 is 18.8 Å². The summed E-state index contributed by atoms with van der Waals surface area (Å²) in [6.07, 6.45) is -1.93. The van der Waals surface area contributed by atoms with Crippen LogP contribution in [0.5, 0.6) is 0 Å². The molecule has 0 aromatic rings. The molecule has 3 amide bonds. The van der Waals surface area contributed by atoms with E-state index in [9.17, 15) is 22.8 Å². The Hall–Kier alpha value is -1.51. The molecule has 0 aromatic carbocycles. The largest absolute Gasteiger partial charge is 0.401 e. The molecule has 23 heavy (non-hydrogen) atoms. The maximum absolute atomic E-state index is 12.5. The number of nitrogens with zero attached hydrogens (tertiary/aromatic N) is 2. The highest BCUT2D eigenvalue weighted by Gasteiger charge is 2.36. The smallest absolute Gasteiger partial charge is 0.354 e. The predicted octanol–water partition coefficient (Wildman–Crippen LogP) is 0.933. The van der Waals surface area contributed by atoms with E-state index in [4.69, 9.17) is 0 Å². The zero-order chi connectivity index (χ0) is 17.0. The normalized spacial score (nSPS) is 27.3. The first-order chi connectivity index (χ1) is 10.8. The zero-order valence-electron chi connectivity index (χ0n) is 13.2. The van der Waals surface area contributed by atoms with Crippen LogP contribution in [0.15, 0.2) is 0 Å². The lowest BCUT2D eigenvalue weighted by Gasteiger charge is -2.40. The van der Waals surface area contributed by atoms with Crippen molar-refractivity contribution in [2.75, 3.05) is 32.7 Å². The van der Waals surface area contributed by atoms with Crippen LogP contribution in [-0.4, -0.2) is 72.7 Å². The van der Waals surface area contributed by atoms with Crippen LogP contribution in [-0.2, 0) is 4.79 Å². The summed E-state index contributed by atoms with van der Waals surface area (Å²) in [5.74, 6) is -0.195. The van der Waals surface area contributed by atoms with Crippen molar-refractivity contribution in [1.82, 2.24) is 20.4 Å². The van der Waals surface area contributed by atoms with Crippen LogP contribution in [0.3, 0.4) is 0 Å². The average molecular weight is 336 g/mol. The molecule has 0 aliphatic carbocycles. The van der Waals surface area contributed by atoms with Crippen LogP contribution in [0.1, 0.15) is 26.2 Å². The lowest BCUT2D eigenvalue weighted by atomic mass is 10.1. The fraction of sp³-hybridized carbons (Fsp3) is 0.857. The van der Waals surface area contributed by atoms with Gasteiger partial charge in [0.1, 0.15) is 6.04 Å². The third-order valence-electron chi connectivity index (χ3n) is 4.27. The van der Waals surface area contributed by atoms with Gasteiger partial charge in [0.25, 0.3) is 0 Å². The number of halogens is 3. The Morgan fingerprint density at radius 3 is 2.74 bits per heavy atom. The number of piperazine rings is 1. The van der Waals surface area contributed by atoms with E-state index in [0.29, 0.717) is 13.0 Å². The summed E-state index contributed by atoms with van der Waals surface area (Å²) < 4.78 is 37.4. The zero-order valence-corrected chi connectivity index (χ0v) is 13.2. The Kier molecular flexibility index (Phi) is 5.72. The molecule has 2 rings (SSSR count). The minimum absolute atomic E-state index is 0.172. The number of alkyl halides is 3. The second-order valence-electron chi connectivity index (χ2n) is 6.17. The topological polar surface area (TPSA) is 64.7 Å². The molecule has 0 aromatic heterocycles. The molecule has 2 saturated heterocycles. The second-order valence-corrected chi connectivity index (χ2v) is 6.17. The number of hydrogen-bond acceptors (Lipinski definition) is 3. The van der Waals surface area contributed by atoms with Gasteiger partial charge in [0.05, 0.1) is 6.54 Å². The number of urea groups is 1. The van der Waals surface area contributed by atoms with Gasteiger partial charge in [-0.3, -0.25) is 9.69 Å². The molecule has 0 bridgehead atoms. The molecule has 2 heterocycles. The van der Waals surface area contributed by atoms with Crippen LogP contribution < -0.4 is 10.6 Å². The first kappa shape index (κ1) is 17.8.